The van der Waals surface area contributed by atoms with Crippen LogP contribution in [0.1, 0.15) is 25.7 Å². The Labute approximate surface area is 95.2 Å². The van der Waals surface area contributed by atoms with Gasteiger partial charge in [-0.1, -0.05) is 0 Å². The van der Waals surface area contributed by atoms with Gasteiger partial charge in [-0.15, -0.1) is 0 Å². The third-order valence-electron chi connectivity index (χ3n) is 2.98. The summed E-state index contributed by atoms with van der Waals surface area (Å²) in [5.74, 6) is -2.38. The van der Waals surface area contributed by atoms with Crippen molar-refractivity contribution < 1.29 is 13.6 Å². The summed E-state index contributed by atoms with van der Waals surface area (Å²) in [6.07, 6.45) is 3.23. The van der Waals surface area contributed by atoms with E-state index in [1.54, 1.807) is 0 Å². The van der Waals surface area contributed by atoms with Crippen molar-refractivity contribution in [3.63, 3.8) is 0 Å². The van der Waals surface area contributed by atoms with E-state index in [0.717, 1.165) is 25.7 Å². The molecule has 0 spiro atoms. The van der Waals surface area contributed by atoms with Crippen molar-refractivity contribution in [2.45, 2.75) is 37.6 Å². The first kappa shape index (κ1) is 13.5. The highest BCUT2D eigenvalue weighted by Gasteiger charge is 2.32. The molecule has 0 radical (unpaired) electrons. The van der Waals surface area contributed by atoms with Gasteiger partial charge in [0.2, 0.25) is 0 Å². The number of nitrogens with one attached hydrogen (secondary N) is 1. The number of halogens is 2. The summed E-state index contributed by atoms with van der Waals surface area (Å²) in [6.45, 7) is 2.09. The van der Waals surface area contributed by atoms with E-state index in [1.165, 1.54) is 0 Å². The smallest absolute Gasteiger partial charge is 0.250 e. The lowest BCUT2D eigenvalue weighted by atomic mass is 10.1. The molecular weight excluding hydrogens is 214 g/mol. The summed E-state index contributed by atoms with van der Waals surface area (Å²) in [6, 6.07) is 0.167. The van der Waals surface area contributed by atoms with Crippen molar-refractivity contribution in [1.29, 1.82) is 0 Å². The summed E-state index contributed by atoms with van der Waals surface area (Å²) >= 11 is 0. The summed E-state index contributed by atoms with van der Waals surface area (Å²) < 4.78 is 24.7. The molecule has 1 unspecified atom stereocenters. The maximum absolute atomic E-state index is 12.4. The van der Waals surface area contributed by atoms with Crippen molar-refractivity contribution in [3.05, 3.63) is 0 Å². The van der Waals surface area contributed by atoms with E-state index in [9.17, 15) is 13.6 Å². The molecule has 0 aromatic heterocycles. The molecule has 1 atom stereocenters. The van der Waals surface area contributed by atoms with Crippen LogP contribution in [0, 0.1) is 0 Å². The highest BCUT2D eigenvalue weighted by molar-refractivity contribution is 5.57. The van der Waals surface area contributed by atoms with E-state index in [0.29, 0.717) is 13.1 Å². The van der Waals surface area contributed by atoms with Gasteiger partial charge in [-0.2, -0.15) is 0 Å². The van der Waals surface area contributed by atoms with Gasteiger partial charge in [-0.3, -0.25) is 0 Å². The second-order valence-corrected chi connectivity index (χ2v) is 4.50. The molecule has 0 amide bonds. The number of alkyl halides is 2. The van der Waals surface area contributed by atoms with Crippen LogP contribution >= 0.6 is 0 Å². The topological polar surface area (TPSA) is 32.3 Å². The Hall–Kier alpha value is -0.550. The summed E-state index contributed by atoms with van der Waals surface area (Å²) in [7, 11) is 1.87. The summed E-state index contributed by atoms with van der Waals surface area (Å²) in [5.41, 5.74) is 0. The minimum absolute atomic E-state index is 0.0312. The van der Waals surface area contributed by atoms with Crippen LogP contribution in [0.2, 0.25) is 0 Å². The SMILES string of the molecule is CN1CCC(F)(F)CC1.O=CC1CCCN1. The standard InChI is InChI=1S/C6H11F2N.C5H9NO/c1-9-4-2-6(7,8)3-5-9;7-4-5-2-1-3-6-5/h2-5H2,1H3;4-6H,1-3H2. The fraction of sp³-hybridized carbons (Fsp3) is 0.909. The minimum atomic E-state index is -2.38. The number of nitrogens with zero attached hydrogens (tertiary/aromatic N) is 1. The van der Waals surface area contributed by atoms with Crippen molar-refractivity contribution in [2.24, 2.45) is 0 Å². The van der Waals surface area contributed by atoms with E-state index in [1.807, 2.05) is 11.9 Å². The van der Waals surface area contributed by atoms with Crippen molar-refractivity contribution >= 4 is 6.29 Å². The minimum Gasteiger partial charge on any atom is -0.308 e. The van der Waals surface area contributed by atoms with Gasteiger partial charge < -0.3 is 15.0 Å². The van der Waals surface area contributed by atoms with Crippen molar-refractivity contribution in [1.82, 2.24) is 10.2 Å². The molecule has 0 aliphatic carbocycles. The highest BCUT2D eigenvalue weighted by atomic mass is 19.3. The maximum Gasteiger partial charge on any atom is 0.250 e. The molecule has 3 nitrogen and oxygen atoms in total. The van der Waals surface area contributed by atoms with Gasteiger partial charge in [-0.25, -0.2) is 8.78 Å². The molecule has 1 N–H and O–H groups in total. The first-order valence-electron chi connectivity index (χ1n) is 5.78. The van der Waals surface area contributed by atoms with E-state index in [2.05, 4.69) is 5.32 Å². The second-order valence-electron chi connectivity index (χ2n) is 4.50. The van der Waals surface area contributed by atoms with Gasteiger partial charge in [0, 0.05) is 25.9 Å². The quantitative estimate of drug-likeness (QED) is 0.694. The summed E-state index contributed by atoms with van der Waals surface area (Å²) in [5, 5.41) is 3.04. The molecule has 2 fully saturated rings. The van der Waals surface area contributed by atoms with E-state index < -0.39 is 5.92 Å². The predicted octanol–water partition coefficient (Wildman–Crippen LogP) is 1.28. The fourth-order valence-corrected chi connectivity index (χ4v) is 1.77. The molecule has 2 rings (SSSR count). The van der Waals surface area contributed by atoms with Gasteiger partial charge in [0.05, 0.1) is 6.04 Å². The largest absolute Gasteiger partial charge is 0.308 e. The number of carbonyl (C=O) groups is 1. The van der Waals surface area contributed by atoms with Crippen LogP contribution in [0.4, 0.5) is 8.78 Å². The third kappa shape index (κ3) is 4.99. The Kier molecular flexibility index (Phi) is 5.28. The molecule has 0 aromatic rings. The Morgan fingerprint density at radius 3 is 2.31 bits per heavy atom. The van der Waals surface area contributed by atoms with Crippen molar-refractivity contribution in [2.75, 3.05) is 26.7 Å². The predicted molar refractivity (Wildman–Crippen MR) is 58.8 cm³/mol. The molecule has 2 heterocycles. The van der Waals surface area contributed by atoms with Crippen LogP contribution in [0.25, 0.3) is 0 Å². The molecule has 0 saturated carbocycles. The Bertz CT molecular complexity index is 208. The molecule has 94 valence electrons. The van der Waals surface area contributed by atoms with Crippen LogP contribution in [0.15, 0.2) is 0 Å². The lowest BCUT2D eigenvalue weighted by Gasteiger charge is -2.28. The van der Waals surface area contributed by atoms with Crippen LogP contribution in [-0.4, -0.2) is 49.8 Å². The van der Waals surface area contributed by atoms with Crippen LogP contribution in [0.3, 0.4) is 0 Å². The first-order valence-corrected chi connectivity index (χ1v) is 5.78. The average Bonchev–Trinajstić information content (AvgIpc) is 2.76. The molecular formula is C11H20F2N2O. The number of likely N-dealkylation sites (tertiary alicyclic amines) is 1. The maximum atomic E-state index is 12.4. The Morgan fingerprint density at radius 1 is 1.38 bits per heavy atom. The van der Waals surface area contributed by atoms with Crippen LogP contribution < -0.4 is 5.32 Å². The van der Waals surface area contributed by atoms with Gasteiger partial charge in [-0.05, 0) is 26.4 Å². The van der Waals surface area contributed by atoms with Crippen LogP contribution in [-0.2, 0) is 4.79 Å². The Morgan fingerprint density at radius 2 is 2.00 bits per heavy atom. The molecule has 2 saturated heterocycles. The number of hydrogen-bond acceptors (Lipinski definition) is 3. The highest BCUT2D eigenvalue weighted by Crippen LogP contribution is 2.26. The number of piperidine rings is 1. The number of hydrogen-bond donors (Lipinski definition) is 1. The number of aldehydes is 1. The number of carbonyl (C=O) groups excluding carboxylic acids is 1. The number of rotatable bonds is 1. The van der Waals surface area contributed by atoms with Gasteiger partial charge in [0.25, 0.3) is 5.92 Å². The fourth-order valence-electron chi connectivity index (χ4n) is 1.77. The zero-order chi connectivity index (χ0) is 12.0. The van der Waals surface area contributed by atoms with E-state index >= 15 is 0 Å². The molecule has 16 heavy (non-hydrogen) atoms. The van der Waals surface area contributed by atoms with Gasteiger partial charge in [0.1, 0.15) is 6.29 Å². The molecule has 2 aliphatic rings. The zero-order valence-corrected chi connectivity index (χ0v) is 9.72. The van der Waals surface area contributed by atoms with E-state index in [-0.39, 0.29) is 18.9 Å². The first-order chi connectivity index (χ1) is 7.53. The van der Waals surface area contributed by atoms with Gasteiger partial charge >= 0.3 is 0 Å². The average molecular weight is 234 g/mol. The molecule has 0 bridgehead atoms. The normalized spacial score (nSPS) is 29.3. The second kappa shape index (κ2) is 6.25. The molecule has 0 aromatic carbocycles. The lowest BCUT2D eigenvalue weighted by molar-refractivity contribution is -0.109. The van der Waals surface area contributed by atoms with Gasteiger partial charge in [0.15, 0.2) is 0 Å². The van der Waals surface area contributed by atoms with Crippen molar-refractivity contribution in [3.8, 4) is 0 Å². The Balaban J connectivity index is 0.000000165. The van der Waals surface area contributed by atoms with E-state index in [4.69, 9.17) is 0 Å². The monoisotopic (exact) mass is 234 g/mol. The molecule has 2 aliphatic heterocycles. The third-order valence-corrected chi connectivity index (χ3v) is 2.98. The summed E-state index contributed by atoms with van der Waals surface area (Å²) in [4.78, 5) is 11.9. The van der Waals surface area contributed by atoms with Crippen LogP contribution in [0.5, 0.6) is 0 Å². The molecule has 5 heteroatoms. The lowest BCUT2D eigenvalue weighted by Crippen LogP contribution is -2.36. The zero-order valence-electron chi connectivity index (χ0n) is 9.72.